The number of amides is 1. The lowest BCUT2D eigenvalue weighted by Gasteiger charge is -2.07. The summed E-state index contributed by atoms with van der Waals surface area (Å²) in [7, 11) is 2.29. The van der Waals surface area contributed by atoms with Crippen molar-refractivity contribution < 1.29 is 28.8 Å². The Morgan fingerprint density at radius 3 is 2.26 bits per heavy atom. The van der Waals surface area contributed by atoms with E-state index in [4.69, 9.17) is 0 Å². The van der Waals surface area contributed by atoms with E-state index in [1.54, 1.807) is 0 Å². The van der Waals surface area contributed by atoms with Crippen LogP contribution in [0.15, 0.2) is 18.2 Å². The van der Waals surface area contributed by atoms with E-state index in [0.29, 0.717) is 5.69 Å². The number of hydrogen-bond donors (Lipinski definition) is 1. The molecule has 0 saturated heterocycles. The van der Waals surface area contributed by atoms with Gasteiger partial charge in [-0.25, -0.2) is 0 Å². The molecule has 1 N–H and O–H groups in total. The number of rotatable bonds is 3. The predicted molar refractivity (Wildman–Crippen MR) is 74.4 cm³/mol. The molecule has 1 aromatic rings. The molecule has 9 heteroatoms. The van der Waals surface area contributed by atoms with Gasteiger partial charge in [-0.2, -0.15) is 0 Å². The monoisotopic (exact) mass is 320 g/mol. The Kier molecular flexibility index (Phi) is 3.10. The Morgan fingerprint density at radius 2 is 1.78 bits per heavy atom. The molecule has 1 aliphatic carbocycles. The molecule has 1 fully saturated rings. The van der Waals surface area contributed by atoms with E-state index >= 15 is 0 Å². The number of benzene rings is 1. The SMILES string of the molecule is COC(=O)[C@H]1[C@H](C(=O)OC)C12C(=O)Nc1ccc([N+](=O)[O-])cc12. The van der Waals surface area contributed by atoms with Crippen LogP contribution in [0.3, 0.4) is 0 Å². The fraction of sp³-hybridized carbons (Fsp3) is 0.357. The molecule has 1 amide bonds. The molecule has 23 heavy (non-hydrogen) atoms. The van der Waals surface area contributed by atoms with Crippen LogP contribution in [0.4, 0.5) is 11.4 Å². The summed E-state index contributed by atoms with van der Waals surface area (Å²) in [6, 6.07) is 3.81. The van der Waals surface area contributed by atoms with Crippen molar-refractivity contribution in [2.75, 3.05) is 19.5 Å². The number of fused-ring (bicyclic) bond motifs is 2. The minimum atomic E-state index is -1.51. The minimum absolute atomic E-state index is 0.237. The molecule has 0 unspecified atom stereocenters. The summed E-state index contributed by atoms with van der Waals surface area (Å²) >= 11 is 0. The van der Waals surface area contributed by atoms with Gasteiger partial charge in [0.1, 0.15) is 5.41 Å². The van der Waals surface area contributed by atoms with Crippen LogP contribution in [0.25, 0.3) is 0 Å². The number of anilines is 1. The highest BCUT2D eigenvalue weighted by atomic mass is 16.6. The first-order valence-electron chi connectivity index (χ1n) is 6.65. The van der Waals surface area contributed by atoms with E-state index in [0.717, 1.165) is 14.2 Å². The maximum Gasteiger partial charge on any atom is 0.311 e. The van der Waals surface area contributed by atoms with Crippen LogP contribution in [-0.2, 0) is 29.3 Å². The number of esters is 2. The first-order valence-corrected chi connectivity index (χ1v) is 6.65. The Morgan fingerprint density at radius 1 is 1.22 bits per heavy atom. The van der Waals surface area contributed by atoms with Gasteiger partial charge in [0.2, 0.25) is 5.91 Å². The lowest BCUT2D eigenvalue weighted by atomic mass is 9.92. The van der Waals surface area contributed by atoms with E-state index < -0.39 is 40.0 Å². The van der Waals surface area contributed by atoms with Crippen LogP contribution in [-0.4, -0.2) is 37.0 Å². The van der Waals surface area contributed by atoms with E-state index in [2.05, 4.69) is 14.8 Å². The first-order chi connectivity index (χ1) is 10.9. The van der Waals surface area contributed by atoms with Crippen molar-refractivity contribution in [1.29, 1.82) is 0 Å². The van der Waals surface area contributed by atoms with Gasteiger partial charge >= 0.3 is 11.9 Å². The summed E-state index contributed by atoms with van der Waals surface area (Å²) in [6.07, 6.45) is 0. The number of ether oxygens (including phenoxy) is 2. The topological polar surface area (TPSA) is 125 Å². The van der Waals surface area contributed by atoms with Crippen LogP contribution in [0, 0.1) is 22.0 Å². The van der Waals surface area contributed by atoms with Crippen molar-refractivity contribution in [2.24, 2.45) is 11.8 Å². The van der Waals surface area contributed by atoms with Crippen molar-refractivity contribution in [3.63, 3.8) is 0 Å². The van der Waals surface area contributed by atoms with Gasteiger partial charge in [-0.15, -0.1) is 0 Å². The van der Waals surface area contributed by atoms with Crippen molar-refractivity contribution in [3.05, 3.63) is 33.9 Å². The maximum atomic E-state index is 12.5. The summed E-state index contributed by atoms with van der Waals surface area (Å²) in [5, 5.41) is 13.5. The number of methoxy groups -OCH3 is 2. The smallest absolute Gasteiger partial charge is 0.311 e. The summed E-state index contributed by atoms with van der Waals surface area (Å²) in [5.41, 5.74) is -1.18. The van der Waals surface area contributed by atoms with Gasteiger partial charge in [0, 0.05) is 17.8 Å². The number of nitrogens with zero attached hydrogens (tertiary/aromatic N) is 1. The van der Waals surface area contributed by atoms with Gasteiger partial charge in [-0.1, -0.05) is 0 Å². The van der Waals surface area contributed by atoms with E-state index in [1.165, 1.54) is 18.2 Å². The number of nitro groups is 1. The van der Waals surface area contributed by atoms with E-state index in [1.807, 2.05) is 0 Å². The molecule has 0 radical (unpaired) electrons. The van der Waals surface area contributed by atoms with Crippen LogP contribution in [0.2, 0.25) is 0 Å². The average Bonchev–Trinajstić information content (AvgIpc) is 3.16. The lowest BCUT2D eigenvalue weighted by Crippen LogP contribution is -2.26. The van der Waals surface area contributed by atoms with Gasteiger partial charge in [-0.3, -0.25) is 24.5 Å². The second-order valence-corrected chi connectivity index (χ2v) is 5.31. The standard InChI is InChI=1S/C14H12N2O7/c1-22-11(17)9-10(12(18)23-2)14(9)7-5-6(16(20)21)3-4-8(7)15-13(14)19/h3-5,9-10H,1-2H3,(H,15,19)/t9-,10-/m1/s1. The largest absolute Gasteiger partial charge is 0.469 e. The van der Waals surface area contributed by atoms with Gasteiger partial charge in [0.05, 0.1) is 31.0 Å². The minimum Gasteiger partial charge on any atom is -0.469 e. The second-order valence-electron chi connectivity index (χ2n) is 5.31. The van der Waals surface area contributed by atoms with E-state index in [9.17, 15) is 24.5 Å². The molecule has 1 spiro atoms. The van der Waals surface area contributed by atoms with Crippen molar-refractivity contribution in [1.82, 2.24) is 0 Å². The molecule has 1 aromatic carbocycles. The molecular weight excluding hydrogens is 308 g/mol. The highest BCUT2D eigenvalue weighted by Crippen LogP contribution is 2.65. The Hall–Kier alpha value is -2.97. The van der Waals surface area contributed by atoms with Crippen molar-refractivity contribution in [3.8, 4) is 0 Å². The quantitative estimate of drug-likeness (QED) is 0.484. The summed E-state index contributed by atoms with van der Waals surface area (Å²) in [4.78, 5) is 46.8. The fourth-order valence-corrected chi connectivity index (χ4v) is 3.35. The summed E-state index contributed by atoms with van der Waals surface area (Å²) < 4.78 is 9.33. The van der Waals surface area contributed by atoms with Gasteiger partial charge in [0.15, 0.2) is 0 Å². The Bertz CT molecular complexity index is 735. The summed E-state index contributed by atoms with van der Waals surface area (Å²) in [5.74, 6) is -4.19. The number of carbonyl (C=O) groups excluding carboxylic acids is 3. The van der Waals surface area contributed by atoms with Crippen LogP contribution in [0.5, 0.6) is 0 Å². The molecule has 2 atom stereocenters. The van der Waals surface area contributed by atoms with E-state index in [-0.39, 0.29) is 11.3 Å². The molecule has 2 aliphatic rings. The first kappa shape index (κ1) is 14.9. The fourth-order valence-electron chi connectivity index (χ4n) is 3.35. The zero-order valence-electron chi connectivity index (χ0n) is 12.2. The molecule has 120 valence electrons. The molecule has 3 rings (SSSR count). The zero-order chi connectivity index (χ0) is 16.9. The number of hydrogen-bond acceptors (Lipinski definition) is 7. The highest BCUT2D eigenvalue weighted by molar-refractivity contribution is 6.16. The van der Waals surface area contributed by atoms with Crippen molar-refractivity contribution in [2.45, 2.75) is 5.41 Å². The molecule has 0 bridgehead atoms. The maximum absolute atomic E-state index is 12.5. The third-order valence-electron chi connectivity index (χ3n) is 4.40. The normalized spacial score (nSPS) is 27.1. The van der Waals surface area contributed by atoms with Crippen LogP contribution in [0.1, 0.15) is 5.56 Å². The molecule has 1 heterocycles. The number of nitro benzene ring substituents is 1. The van der Waals surface area contributed by atoms with Crippen LogP contribution < -0.4 is 5.32 Å². The molecule has 9 nitrogen and oxygen atoms in total. The van der Waals surface area contributed by atoms with Crippen LogP contribution >= 0.6 is 0 Å². The molecule has 0 aromatic heterocycles. The van der Waals surface area contributed by atoms with Gasteiger partial charge < -0.3 is 14.8 Å². The average molecular weight is 320 g/mol. The highest BCUT2D eigenvalue weighted by Gasteiger charge is 2.80. The lowest BCUT2D eigenvalue weighted by molar-refractivity contribution is -0.384. The molecule has 1 aliphatic heterocycles. The zero-order valence-corrected chi connectivity index (χ0v) is 12.2. The predicted octanol–water partition coefficient (Wildman–Crippen LogP) is 0.377. The number of carbonyl (C=O) groups is 3. The summed E-state index contributed by atoms with van der Waals surface area (Å²) in [6.45, 7) is 0. The second kappa shape index (κ2) is 4.77. The Labute approximate surface area is 129 Å². The molecular formula is C14H12N2O7. The Balaban J connectivity index is 2.17. The van der Waals surface area contributed by atoms with Gasteiger partial charge in [-0.05, 0) is 11.6 Å². The molecule has 1 saturated carbocycles. The third-order valence-corrected chi connectivity index (χ3v) is 4.40. The third kappa shape index (κ3) is 1.76. The van der Waals surface area contributed by atoms with Crippen molar-refractivity contribution >= 4 is 29.2 Å². The number of nitrogens with one attached hydrogen (secondary N) is 1. The van der Waals surface area contributed by atoms with Gasteiger partial charge in [0.25, 0.3) is 5.69 Å². The number of non-ortho nitro benzene ring substituents is 1.